The van der Waals surface area contributed by atoms with Crippen molar-refractivity contribution in [3.8, 4) is 5.75 Å². The van der Waals surface area contributed by atoms with E-state index in [0.717, 1.165) is 5.69 Å². The lowest BCUT2D eigenvalue weighted by atomic mass is 10.1. The molecule has 0 spiro atoms. The first-order valence-corrected chi connectivity index (χ1v) is 8.10. The summed E-state index contributed by atoms with van der Waals surface area (Å²) in [5, 5.41) is 20.8. The Morgan fingerprint density at radius 1 is 1.08 bits per heavy atom. The van der Waals surface area contributed by atoms with Gasteiger partial charge in [0.25, 0.3) is 11.6 Å². The average Bonchev–Trinajstić information content (AvgIpc) is 2.61. The quantitative estimate of drug-likeness (QED) is 0.671. The molecule has 2 aromatic rings. The second-order valence-electron chi connectivity index (χ2n) is 5.71. The Kier molecular flexibility index (Phi) is 4.76. The van der Waals surface area contributed by atoms with Crippen LogP contribution >= 0.6 is 11.6 Å². The van der Waals surface area contributed by atoms with Crippen molar-refractivity contribution < 1.29 is 14.8 Å². The molecule has 0 unspecified atom stereocenters. The molecule has 1 N–H and O–H groups in total. The number of halogens is 1. The molecule has 8 heteroatoms. The maximum atomic E-state index is 12.7. The molecule has 7 nitrogen and oxygen atoms in total. The van der Waals surface area contributed by atoms with Crippen molar-refractivity contribution >= 4 is 28.9 Å². The van der Waals surface area contributed by atoms with Crippen molar-refractivity contribution in [2.45, 2.75) is 0 Å². The van der Waals surface area contributed by atoms with Crippen molar-refractivity contribution in [3.63, 3.8) is 0 Å². The smallest absolute Gasteiger partial charge is 0.282 e. The molecule has 1 heterocycles. The molecule has 0 aliphatic carbocycles. The van der Waals surface area contributed by atoms with Crippen molar-refractivity contribution in [1.29, 1.82) is 0 Å². The molecular formula is C17H16ClN3O4. The molecule has 1 aliphatic rings. The van der Waals surface area contributed by atoms with Gasteiger partial charge in [-0.25, -0.2) is 0 Å². The van der Waals surface area contributed by atoms with Crippen LogP contribution in [0.5, 0.6) is 5.75 Å². The van der Waals surface area contributed by atoms with Gasteiger partial charge in [0.05, 0.1) is 4.92 Å². The Balaban J connectivity index is 1.73. The van der Waals surface area contributed by atoms with Crippen LogP contribution in [0.15, 0.2) is 42.5 Å². The van der Waals surface area contributed by atoms with E-state index in [4.69, 9.17) is 11.6 Å². The molecule has 1 amide bonds. The number of nitrogens with zero attached hydrogens (tertiary/aromatic N) is 3. The van der Waals surface area contributed by atoms with E-state index in [9.17, 15) is 20.0 Å². The number of piperazine rings is 1. The minimum Gasteiger partial charge on any atom is -0.508 e. The predicted molar refractivity (Wildman–Crippen MR) is 94.3 cm³/mol. The highest BCUT2D eigenvalue weighted by Gasteiger charge is 2.27. The summed E-state index contributed by atoms with van der Waals surface area (Å²) in [5.41, 5.74) is 0.726. The van der Waals surface area contributed by atoms with Gasteiger partial charge < -0.3 is 14.9 Å². The lowest BCUT2D eigenvalue weighted by Crippen LogP contribution is -2.48. The molecule has 0 aromatic heterocycles. The maximum absolute atomic E-state index is 12.7. The Morgan fingerprint density at radius 3 is 2.32 bits per heavy atom. The van der Waals surface area contributed by atoms with Gasteiger partial charge in [0, 0.05) is 43.0 Å². The zero-order valence-electron chi connectivity index (χ0n) is 13.3. The van der Waals surface area contributed by atoms with E-state index in [1.165, 1.54) is 18.2 Å². The number of nitro groups is 1. The number of hydrogen-bond donors (Lipinski definition) is 1. The Morgan fingerprint density at radius 2 is 1.72 bits per heavy atom. The summed E-state index contributed by atoms with van der Waals surface area (Å²) in [7, 11) is 0. The molecule has 130 valence electrons. The summed E-state index contributed by atoms with van der Waals surface area (Å²) in [5.74, 6) is -0.189. The number of amides is 1. The van der Waals surface area contributed by atoms with Crippen molar-refractivity contribution in [2.75, 3.05) is 31.1 Å². The van der Waals surface area contributed by atoms with Crippen LogP contribution < -0.4 is 4.90 Å². The highest BCUT2D eigenvalue weighted by atomic mass is 35.5. The first-order valence-electron chi connectivity index (χ1n) is 7.73. The number of phenols is 1. The number of phenolic OH excluding ortho intramolecular Hbond substituents is 1. The third kappa shape index (κ3) is 3.66. The zero-order chi connectivity index (χ0) is 18.0. The van der Waals surface area contributed by atoms with E-state index < -0.39 is 4.92 Å². The fourth-order valence-corrected chi connectivity index (χ4v) is 3.01. The SMILES string of the molecule is O=C(c1cc(Cl)ccc1[N+](=O)[O-])N1CCN(c2ccc(O)cc2)CC1. The number of hydrogen-bond acceptors (Lipinski definition) is 5. The van der Waals surface area contributed by atoms with Gasteiger partial charge in [-0.2, -0.15) is 0 Å². The Labute approximate surface area is 149 Å². The molecule has 0 bridgehead atoms. The van der Waals surface area contributed by atoms with E-state index >= 15 is 0 Å². The number of anilines is 1. The third-order valence-electron chi connectivity index (χ3n) is 4.17. The molecule has 0 saturated carbocycles. The summed E-state index contributed by atoms with van der Waals surface area (Å²) < 4.78 is 0. The molecule has 0 atom stereocenters. The Hall–Kier alpha value is -2.80. The lowest BCUT2D eigenvalue weighted by molar-refractivity contribution is -0.385. The predicted octanol–water partition coefficient (Wildman–Crippen LogP) is 2.92. The lowest BCUT2D eigenvalue weighted by Gasteiger charge is -2.36. The van der Waals surface area contributed by atoms with Crippen LogP contribution in [-0.4, -0.2) is 47.0 Å². The number of carbonyl (C=O) groups excluding carboxylic acids is 1. The summed E-state index contributed by atoms with van der Waals surface area (Å²) in [6, 6.07) is 10.9. The van der Waals surface area contributed by atoms with Crippen molar-refractivity contribution in [2.24, 2.45) is 0 Å². The zero-order valence-corrected chi connectivity index (χ0v) is 14.0. The van der Waals surface area contributed by atoms with E-state index in [2.05, 4.69) is 4.90 Å². The number of benzene rings is 2. The Bertz CT molecular complexity index is 802. The summed E-state index contributed by atoms with van der Waals surface area (Å²) in [6.07, 6.45) is 0. The largest absolute Gasteiger partial charge is 0.508 e. The first-order chi connectivity index (χ1) is 12.0. The fourth-order valence-electron chi connectivity index (χ4n) is 2.84. The second-order valence-corrected chi connectivity index (χ2v) is 6.15. The van der Waals surface area contributed by atoms with Gasteiger partial charge in [0.1, 0.15) is 11.3 Å². The average molecular weight is 362 g/mol. The molecule has 2 aromatic carbocycles. The first kappa shape index (κ1) is 17.0. The molecule has 1 saturated heterocycles. The van der Waals surface area contributed by atoms with Gasteiger partial charge in [0.15, 0.2) is 0 Å². The van der Waals surface area contributed by atoms with Gasteiger partial charge in [-0.1, -0.05) is 11.6 Å². The van der Waals surface area contributed by atoms with Crippen LogP contribution in [0.4, 0.5) is 11.4 Å². The minimum atomic E-state index is -0.573. The molecular weight excluding hydrogens is 346 g/mol. The number of carbonyl (C=O) groups is 1. The number of nitro benzene ring substituents is 1. The van der Waals surface area contributed by atoms with E-state index in [-0.39, 0.29) is 27.9 Å². The van der Waals surface area contributed by atoms with Crippen molar-refractivity contribution in [1.82, 2.24) is 4.90 Å². The highest BCUT2D eigenvalue weighted by molar-refractivity contribution is 6.31. The fraction of sp³-hybridized carbons (Fsp3) is 0.235. The van der Waals surface area contributed by atoms with Crippen LogP contribution in [0.2, 0.25) is 5.02 Å². The molecule has 0 radical (unpaired) electrons. The number of aromatic hydroxyl groups is 1. The monoisotopic (exact) mass is 361 g/mol. The van der Waals surface area contributed by atoms with Crippen LogP contribution in [0.3, 0.4) is 0 Å². The highest BCUT2D eigenvalue weighted by Crippen LogP contribution is 2.25. The second kappa shape index (κ2) is 6.98. The molecule has 3 rings (SSSR count). The molecule has 1 fully saturated rings. The van der Waals surface area contributed by atoms with Gasteiger partial charge >= 0.3 is 0 Å². The van der Waals surface area contributed by atoms with Gasteiger partial charge in [-0.3, -0.25) is 14.9 Å². The van der Waals surface area contributed by atoms with E-state index in [1.807, 2.05) is 12.1 Å². The van der Waals surface area contributed by atoms with E-state index in [0.29, 0.717) is 26.2 Å². The van der Waals surface area contributed by atoms with Crippen LogP contribution in [-0.2, 0) is 0 Å². The molecule has 25 heavy (non-hydrogen) atoms. The van der Waals surface area contributed by atoms with Crippen LogP contribution in [0.25, 0.3) is 0 Å². The van der Waals surface area contributed by atoms with E-state index in [1.54, 1.807) is 17.0 Å². The van der Waals surface area contributed by atoms with Crippen LogP contribution in [0.1, 0.15) is 10.4 Å². The third-order valence-corrected chi connectivity index (χ3v) is 4.40. The minimum absolute atomic E-state index is 0.00980. The summed E-state index contributed by atoms with van der Waals surface area (Å²) in [6.45, 7) is 2.10. The normalized spacial score (nSPS) is 14.4. The number of rotatable bonds is 3. The van der Waals surface area contributed by atoms with Crippen molar-refractivity contribution in [3.05, 3.63) is 63.2 Å². The van der Waals surface area contributed by atoms with Gasteiger partial charge in [0.2, 0.25) is 0 Å². The standard InChI is InChI=1S/C17H16ClN3O4/c18-12-1-6-16(21(24)25)15(11-12)17(23)20-9-7-19(8-10-20)13-2-4-14(22)5-3-13/h1-6,11,22H,7-10H2. The van der Waals surface area contributed by atoms with Gasteiger partial charge in [-0.15, -0.1) is 0 Å². The molecule has 1 aliphatic heterocycles. The van der Waals surface area contributed by atoms with Gasteiger partial charge in [-0.05, 0) is 36.4 Å². The summed E-state index contributed by atoms with van der Waals surface area (Å²) in [4.78, 5) is 26.9. The topological polar surface area (TPSA) is 86.9 Å². The summed E-state index contributed by atoms with van der Waals surface area (Å²) >= 11 is 5.90. The maximum Gasteiger partial charge on any atom is 0.282 e. The van der Waals surface area contributed by atoms with Crippen LogP contribution in [0, 0.1) is 10.1 Å².